The molecule has 2 aromatic rings. The molecular weight excluding hydrogens is 428 g/mol. The van der Waals surface area contributed by atoms with Gasteiger partial charge >= 0.3 is 0 Å². The molecule has 1 nitrogen and oxygen atoms in total. The van der Waals surface area contributed by atoms with Crippen LogP contribution in [0, 0.1) is 29.2 Å². The van der Waals surface area contributed by atoms with Crippen molar-refractivity contribution in [2.24, 2.45) is 5.92 Å². The summed E-state index contributed by atoms with van der Waals surface area (Å²) >= 11 is 0. The van der Waals surface area contributed by atoms with Crippen molar-refractivity contribution in [2.75, 3.05) is 6.61 Å². The average Bonchev–Trinajstić information content (AvgIpc) is 2.82. The number of halogens is 4. The molecule has 5 heteroatoms. The highest BCUT2D eigenvalue weighted by Gasteiger charge is 2.27. The van der Waals surface area contributed by atoms with Crippen LogP contribution in [0.15, 0.2) is 24.3 Å². The van der Waals surface area contributed by atoms with Gasteiger partial charge in [0.1, 0.15) is 0 Å². The van der Waals surface area contributed by atoms with E-state index in [9.17, 15) is 13.2 Å². The predicted octanol–water partition coefficient (Wildman–Crippen LogP) is 9.33. The van der Waals surface area contributed by atoms with E-state index in [4.69, 9.17) is 4.74 Å². The minimum atomic E-state index is -1.22. The third-order valence-electron chi connectivity index (χ3n) is 6.96. The maximum atomic E-state index is 15.0. The van der Waals surface area contributed by atoms with E-state index in [0.29, 0.717) is 17.9 Å². The van der Waals surface area contributed by atoms with Gasteiger partial charge in [-0.1, -0.05) is 64.5 Å². The van der Waals surface area contributed by atoms with E-state index < -0.39 is 23.3 Å². The summed E-state index contributed by atoms with van der Waals surface area (Å²) in [6.07, 6.45) is 11.5. The van der Waals surface area contributed by atoms with E-state index >= 15 is 4.39 Å². The standard InChI is InChI=1S/C28H36F4O/c1-3-5-7-8-9-19-10-12-20(13-11-19)21-14-15-22(26(30)25(21)29)23-16-17-24(28(32)27(23)31)33-18-6-4-2/h14-17,19-20H,3-13,18H2,1-2H3. The molecule has 33 heavy (non-hydrogen) atoms. The summed E-state index contributed by atoms with van der Waals surface area (Å²) in [5.41, 5.74) is -0.215. The molecule has 0 N–H and O–H groups in total. The van der Waals surface area contributed by atoms with Crippen molar-refractivity contribution >= 4 is 0 Å². The molecule has 2 aromatic carbocycles. The van der Waals surface area contributed by atoms with Gasteiger partial charge in [0.25, 0.3) is 0 Å². The monoisotopic (exact) mass is 464 g/mol. The largest absolute Gasteiger partial charge is 0.490 e. The third-order valence-corrected chi connectivity index (χ3v) is 6.96. The van der Waals surface area contributed by atoms with Gasteiger partial charge in [0.15, 0.2) is 23.2 Å². The first-order valence-corrected chi connectivity index (χ1v) is 12.6. The summed E-state index contributed by atoms with van der Waals surface area (Å²) in [5, 5.41) is 0. The third kappa shape index (κ3) is 6.30. The molecule has 1 saturated carbocycles. The summed E-state index contributed by atoms with van der Waals surface area (Å²) in [7, 11) is 0. The molecular formula is C28H36F4O. The Morgan fingerprint density at radius 2 is 1.33 bits per heavy atom. The molecule has 0 saturated heterocycles. The van der Waals surface area contributed by atoms with E-state index in [1.165, 1.54) is 50.3 Å². The smallest absolute Gasteiger partial charge is 0.201 e. The highest BCUT2D eigenvalue weighted by atomic mass is 19.2. The van der Waals surface area contributed by atoms with Crippen LogP contribution in [0.4, 0.5) is 17.6 Å². The predicted molar refractivity (Wildman–Crippen MR) is 126 cm³/mol. The Morgan fingerprint density at radius 1 is 0.697 bits per heavy atom. The molecule has 0 aromatic heterocycles. The molecule has 1 aliphatic rings. The molecule has 0 atom stereocenters. The molecule has 0 bridgehead atoms. The number of hydrogen-bond acceptors (Lipinski definition) is 1. The van der Waals surface area contributed by atoms with Crippen molar-refractivity contribution in [1.82, 2.24) is 0 Å². The first-order valence-electron chi connectivity index (χ1n) is 12.6. The quantitative estimate of drug-likeness (QED) is 0.238. The van der Waals surface area contributed by atoms with Gasteiger partial charge in [0, 0.05) is 11.1 Å². The number of rotatable bonds is 11. The van der Waals surface area contributed by atoms with Crippen molar-refractivity contribution in [1.29, 1.82) is 0 Å². The molecule has 0 aliphatic heterocycles. The minimum Gasteiger partial charge on any atom is -0.490 e. The zero-order valence-corrected chi connectivity index (χ0v) is 19.9. The molecule has 0 heterocycles. The zero-order chi connectivity index (χ0) is 23.8. The highest BCUT2D eigenvalue weighted by molar-refractivity contribution is 5.66. The van der Waals surface area contributed by atoms with Gasteiger partial charge in [0.2, 0.25) is 5.82 Å². The van der Waals surface area contributed by atoms with E-state index in [-0.39, 0.29) is 29.4 Å². The molecule has 3 rings (SSSR count). The SMILES string of the molecule is CCCCCCC1CCC(c2ccc(-c3ccc(OCCCC)c(F)c3F)c(F)c2F)CC1. The van der Waals surface area contributed by atoms with Gasteiger partial charge in [-0.2, -0.15) is 4.39 Å². The van der Waals surface area contributed by atoms with Gasteiger partial charge in [0.05, 0.1) is 6.61 Å². The van der Waals surface area contributed by atoms with Crippen LogP contribution in [-0.2, 0) is 0 Å². The maximum absolute atomic E-state index is 15.0. The van der Waals surface area contributed by atoms with Crippen molar-refractivity contribution < 1.29 is 22.3 Å². The van der Waals surface area contributed by atoms with Crippen molar-refractivity contribution in [2.45, 2.75) is 90.4 Å². The van der Waals surface area contributed by atoms with Crippen LogP contribution in [0.5, 0.6) is 5.75 Å². The summed E-state index contributed by atoms with van der Waals surface area (Å²) < 4.78 is 64.4. The molecule has 0 radical (unpaired) electrons. The second kappa shape index (κ2) is 12.4. The van der Waals surface area contributed by atoms with Crippen LogP contribution in [0.3, 0.4) is 0 Å². The van der Waals surface area contributed by atoms with Crippen LogP contribution in [0.1, 0.15) is 96.0 Å². The number of benzene rings is 2. The lowest BCUT2D eigenvalue weighted by Crippen LogP contribution is -2.15. The molecule has 182 valence electrons. The molecule has 0 unspecified atom stereocenters. The lowest BCUT2D eigenvalue weighted by atomic mass is 9.76. The lowest BCUT2D eigenvalue weighted by molar-refractivity contribution is 0.289. The first-order chi connectivity index (χ1) is 16.0. The lowest BCUT2D eigenvalue weighted by Gasteiger charge is -2.29. The topological polar surface area (TPSA) is 9.23 Å². The van der Waals surface area contributed by atoms with Gasteiger partial charge in [-0.05, 0) is 61.6 Å². The van der Waals surface area contributed by atoms with Crippen LogP contribution in [0.2, 0.25) is 0 Å². The Bertz CT molecular complexity index is 903. The Kier molecular flexibility index (Phi) is 9.64. The van der Waals surface area contributed by atoms with Gasteiger partial charge in [-0.25, -0.2) is 13.2 Å². The van der Waals surface area contributed by atoms with E-state index in [1.54, 1.807) is 6.07 Å². The van der Waals surface area contributed by atoms with Crippen molar-refractivity contribution in [3.63, 3.8) is 0 Å². The van der Waals surface area contributed by atoms with Crippen molar-refractivity contribution in [3.05, 3.63) is 53.1 Å². The van der Waals surface area contributed by atoms with Crippen LogP contribution < -0.4 is 4.74 Å². The van der Waals surface area contributed by atoms with Crippen LogP contribution in [0.25, 0.3) is 11.1 Å². The fourth-order valence-corrected chi connectivity index (χ4v) is 4.89. The first kappa shape index (κ1) is 25.6. The van der Waals surface area contributed by atoms with E-state index in [0.717, 1.165) is 32.1 Å². The van der Waals surface area contributed by atoms with Crippen molar-refractivity contribution in [3.8, 4) is 16.9 Å². The van der Waals surface area contributed by atoms with Crippen LogP contribution in [-0.4, -0.2) is 6.61 Å². The molecule has 1 aliphatic carbocycles. The minimum absolute atomic E-state index is 0.0311. The summed E-state index contributed by atoms with van der Waals surface area (Å²) in [6, 6.07) is 5.44. The highest BCUT2D eigenvalue weighted by Crippen LogP contribution is 2.41. The molecule has 0 amide bonds. The second-order valence-corrected chi connectivity index (χ2v) is 9.34. The van der Waals surface area contributed by atoms with Gasteiger partial charge in [-0.15, -0.1) is 0 Å². The second-order valence-electron chi connectivity index (χ2n) is 9.34. The number of hydrogen-bond donors (Lipinski definition) is 0. The average molecular weight is 465 g/mol. The van der Waals surface area contributed by atoms with E-state index in [2.05, 4.69) is 6.92 Å². The Labute approximate surface area is 195 Å². The Morgan fingerprint density at radius 3 is 2.00 bits per heavy atom. The fraction of sp³-hybridized carbons (Fsp3) is 0.571. The summed E-state index contributed by atoms with van der Waals surface area (Å²) in [4.78, 5) is 0. The number of unbranched alkanes of at least 4 members (excludes halogenated alkanes) is 4. The molecule has 1 fully saturated rings. The fourth-order valence-electron chi connectivity index (χ4n) is 4.89. The maximum Gasteiger partial charge on any atom is 0.201 e. The summed E-state index contributed by atoms with van der Waals surface area (Å²) in [5.74, 6) is -4.04. The Hall–Kier alpha value is -2.04. The molecule has 0 spiro atoms. The normalized spacial score (nSPS) is 18.5. The van der Waals surface area contributed by atoms with Crippen LogP contribution >= 0.6 is 0 Å². The van der Waals surface area contributed by atoms with Gasteiger partial charge in [-0.3, -0.25) is 0 Å². The zero-order valence-electron chi connectivity index (χ0n) is 19.9. The summed E-state index contributed by atoms with van der Waals surface area (Å²) in [6.45, 7) is 4.43. The number of ether oxygens (including phenoxy) is 1. The Balaban J connectivity index is 1.70. The van der Waals surface area contributed by atoms with Gasteiger partial charge < -0.3 is 4.74 Å². The van der Waals surface area contributed by atoms with E-state index in [1.807, 2.05) is 6.92 Å².